The maximum Gasteiger partial charge on any atom is 0.358 e. The van der Waals surface area contributed by atoms with Gasteiger partial charge in [-0.3, -0.25) is 4.79 Å². The van der Waals surface area contributed by atoms with Crippen LogP contribution in [-0.2, 0) is 16.0 Å². The smallest absolute Gasteiger partial charge is 0.358 e. The Kier molecular flexibility index (Phi) is 5.04. The number of benzene rings is 2. The molecule has 0 unspecified atom stereocenters. The molecule has 0 saturated carbocycles. The van der Waals surface area contributed by atoms with Crippen molar-refractivity contribution in [3.8, 4) is 0 Å². The lowest BCUT2D eigenvalue weighted by Gasteiger charge is -2.08. The zero-order valence-electron chi connectivity index (χ0n) is 13.9. The van der Waals surface area contributed by atoms with Crippen LogP contribution in [-0.4, -0.2) is 23.5 Å². The molecule has 0 bridgehead atoms. The molecular weight excluding hydrogens is 316 g/mol. The molecule has 1 amide bonds. The van der Waals surface area contributed by atoms with Crippen LogP contribution < -0.4 is 5.32 Å². The lowest BCUT2D eigenvalue weighted by atomic mass is 10.1. The van der Waals surface area contributed by atoms with Gasteiger partial charge in [-0.2, -0.15) is 0 Å². The number of hydrogen-bond donors (Lipinski definition) is 1. The molecule has 25 heavy (non-hydrogen) atoms. The summed E-state index contributed by atoms with van der Waals surface area (Å²) in [6, 6.07) is 16.8. The molecule has 0 saturated heterocycles. The molecule has 3 aromatic rings. The number of pyridine rings is 1. The number of carbonyl (C=O) groups excluding carboxylic acids is 2. The van der Waals surface area contributed by atoms with Crippen molar-refractivity contribution in [1.29, 1.82) is 0 Å². The monoisotopic (exact) mass is 334 g/mol. The number of carbonyl (C=O) groups is 2. The first-order valence-electron chi connectivity index (χ1n) is 8.07. The molecule has 1 N–H and O–H groups in total. The molecule has 0 radical (unpaired) electrons. The second-order valence-electron chi connectivity index (χ2n) is 5.56. The average Bonchev–Trinajstić information content (AvgIpc) is 2.66. The summed E-state index contributed by atoms with van der Waals surface area (Å²) in [5, 5.41) is 4.29. The molecule has 0 atom stereocenters. The van der Waals surface area contributed by atoms with Crippen LogP contribution in [0.5, 0.6) is 0 Å². The predicted molar refractivity (Wildman–Crippen MR) is 96.5 cm³/mol. The standard InChI is InChI=1S/C20H18N2O3/c1-2-14-7-9-16(10-8-14)22-18(23)13-25-20(24)19-17-6-4-3-5-15(17)11-12-21-19/h3-12H,2,13H2,1H3,(H,22,23). The number of rotatable bonds is 5. The van der Waals surface area contributed by atoms with Gasteiger partial charge in [-0.05, 0) is 35.6 Å². The zero-order chi connectivity index (χ0) is 17.6. The molecule has 1 heterocycles. The van der Waals surface area contributed by atoms with Crippen molar-refractivity contribution in [3.05, 3.63) is 72.1 Å². The van der Waals surface area contributed by atoms with Crippen LogP contribution in [0.15, 0.2) is 60.8 Å². The molecule has 3 rings (SSSR count). The Morgan fingerprint density at radius 1 is 1.04 bits per heavy atom. The number of anilines is 1. The highest BCUT2D eigenvalue weighted by atomic mass is 16.5. The molecule has 0 aliphatic heterocycles. The Morgan fingerprint density at radius 2 is 1.80 bits per heavy atom. The first-order chi connectivity index (χ1) is 12.2. The maximum atomic E-state index is 12.2. The number of amides is 1. The van der Waals surface area contributed by atoms with Gasteiger partial charge in [0.15, 0.2) is 12.3 Å². The van der Waals surface area contributed by atoms with E-state index in [2.05, 4.69) is 17.2 Å². The van der Waals surface area contributed by atoms with Crippen LogP contribution in [0.25, 0.3) is 10.8 Å². The van der Waals surface area contributed by atoms with E-state index in [1.165, 1.54) is 5.56 Å². The third-order valence-corrected chi connectivity index (χ3v) is 3.85. The van der Waals surface area contributed by atoms with E-state index in [0.717, 1.165) is 11.8 Å². The van der Waals surface area contributed by atoms with Gasteiger partial charge < -0.3 is 10.1 Å². The van der Waals surface area contributed by atoms with Crippen molar-refractivity contribution in [2.45, 2.75) is 13.3 Å². The van der Waals surface area contributed by atoms with Gasteiger partial charge in [0, 0.05) is 17.3 Å². The van der Waals surface area contributed by atoms with Crippen LogP contribution in [0.4, 0.5) is 5.69 Å². The second kappa shape index (κ2) is 7.57. The van der Waals surface area contributed by atoms with Crippen molar-refractivity contribution < 1.29 is 14.3 Å². The molecular formula is C20H18N2O3. The fraction of sp³-hybridized carbons (Fsp3) is 0.150. The first kappa shape index (κ1) is 16.6. The summed E-state index contributed by atoms with van der Waals surface area (Å²) in [5.41, 5.74) is 2.06. The van der Waals surface area contributed by atoms with Gasteiger partial charge in [0.05, 0.1) is 0 Å². The van der Waals surface area contributed by atoms with Crippen LogP contribution >= 0.6 is 0 Å². The topological polar surface area (TPSA) is 68.3 Å². The Labute approximate surface area is 145 Å². The minimum absolute atomic E-state index is 0.207. The van der Waals surface area contributed by atoms with Crippen molar-refractivity contribution in [2.24, 2.45) is 0 Å². The number of esters is 1. The summed E-state index contributed by atoms with van der Waals surface area (Å²) in [6.45, 7) is 1.70. The van der Waals surface area contributed by atoms with E-state index >= 15 is 0 Å². The summed E-state index contributed by atoms with van der Waals surface area (Å²) >= 11 is 0. The number of nitrogens with one attached hydrogen (secondary N) is 1. The highest BCUT2D eigenvalue weighted by Gasteiger charge is 2.14. The Hall–Kier alpha value is -3.21. The average molecular weight is 334 g/mol. The summed E-state index contributed by atoms with van der Waals surface area (Å²) < 4.78 is 5.10. The molecule has 0 fully saturated rings. The number of hydrogen-bond acceptors (Lipinski definition) is 4. The van der Waals surface area contributed by atoms with Gasteiger partial charge in [-0.1, -0.05) is 43.3 Å². The normalized spacial score (nSPS) is 10.4. The number of fused-ring (bicyclic) bond motifs is 1. The van der Waals surface area contributed by atoms with E-state index in [0.29, 0.717) is 11.1 Å². The van der Waals surface area contributed by atoms with Crippen molar-refractivity contribution in [1.82, 2.24) is 4.98 Å². The second-order valence-corrected chi connectivity index (χ2v) is 5.56. The van der Waals surface area contributed by atoms with Crippen LogP contribution in [0.1, 0.15) is 23.0 Å². The largest absolute Gasteiger partial charge is 0.451 e. The van der Waals surface area contributed by atoms with Crippen molar-refractivity contribution in [3.63, 3.8) is 0 Å². The minimum atomic E-state index is -0.617. The molecule has 0 aliphatic rings. The summed E-state index contributed by atoms with van der Waals surface area (Å²) in [4.78, 5) is 28.3. The van der Waals surface area contributed by atoms with Gasteiger partial charge >= 0.3 is 5.97 Å². The Morgan fingerprint density at radius 3 is 2.56 bits per heavy atom. The molecule has 5 heteroatoms. The fourth-order valence-electron chi connectivity index (χ4n) is 2.50. The van der Waals surface area contributed by atoms with E-state index in [4.69, 9.17) is 4.74 Å². The first-order valence-corrected chi connectivity index (χ1v) is 8.07. The van der Waals surface area contributed by atoms with Gasteiger partial charge in [0.25, 0.3) is 5.91 Å². The van der Waals surface area contributed by atoms with Gasteiger partial charge in [-0.15, -0.1) is 0 Å². The fourth-order valence-corrected chi connectivity index (χ4v) is 2.50. The highest BCUT2D eigenvalue weighted by molar-refractivity contribution is 6.03. The lowest BCUT2D eigenvalue weighted by molar-refractivity contribution is -0.119. The summed E-state index contributed by atoms with van der Waals surface area (Å²) in [7, 11) is 0. The zero-order valence-corrected chi connectivity index (χ0v) is 13.9. The van der Waals surface area contributed by atoms with Gasteiger partial charge in [0.1, 0.15) is 0 Å². The van der Waals surface area contributed by atoms with E-state index < -0.39 is 11.9 Å². The van der Waals surface area contributed by atoms with Gasteiger partial charge in [0.2, 0.25) is 0 Å². The molecule has 0 aliphatic carbocycles. The number of ether oxygens (including phenoxy) is 1. The SMILES string of the molecule is CCc1ccc(NC(=O)COC(=O)c2nccc3ccccc23)cc1. The van der Waals surface area contributed by atoms with E-state index in [1.54, 1.807) is 12.3 Å². The highest BCUT2D eigenvalue weighted by Crippen LogP contribution is 2.17. The molecule has 126 valence electrons. The lowest BCUT2D eigenvalue weighted by Crippen LogP contribution is -2.21. The Bertz CT molecular complexity index is 899. The quantitative estimate of drug-likeness (QED) is 0.724. The molecule has 0 spiro atoms. The van der Waals surface area contributed by atoms with E-state index in [-0.39, 0.29) is 12.3 Å². The number of aromatic nitrogens is 1. The molecule has 5 nitrogen and oxygen atoms in total. The third-order valence-electron chi connectivity index (χ3n) is 3.85. The molecule has 1 aromatic heterocycles. The van der Waals surface area contributed by atoms with Gasteiger partial charge in [-0.25, -0.2) is 9.78 Å². The van der Waals surface area contributed by atoms with Crippen LogP contribution in [0.2, 0.25) is 0 Å². The van der Waals surface area contributed by atoms with Crippen LogP contribution in [0.3, 0.4) is 0 Å². The van der Waals surface area contributed by atoms with E-state index in [1.807, 2.05) is 48.5 Å². The Balaban J connectivity index is 1.62. The number of nitrogens with zero attached hydrogens (tertiary/aromatic N) is 1. The minimum Gasteiger partial charge on any atom is -0.451 e. The summed E-state index contributed by atoms with van der Waals surface area (Å²) in [6.07, 6.45) is 2.48. The van der Waals surface area contributed by atoms with Crippen LogP contribution in [0, 0.1) is 0 Å². The third kappa shape index (κ3) is 4.01. The maximum absolute atomic E-state index is 12.2. The number of aryl methyl sites for hydroxylation is 1. The summed E-state index contributed by atoms with van der Waals surface area (Å²) in [5.74, 6) is -1.01. The van der Waals surface area contributed by atoms with Crippen molar-refractivity contribution in [2.75, 3.05) is 11.9 Å². The van der Waals surface area contributed by atoms with E-state index in [9.17, 15) is 9.59 Å². The molecule has 2 aromatic carbocycles. The predicted octanol–water partition coefficient (Wildman–Crippen LogP) is 3.59. The van der Waals surface area contributed by atoms with Crippen molar-refractivity contribution >= 4 is 28.3 Å².